The lowest BCUT2D eigenvalue weighted by atomic mass is 10.2. The van der Waals surface area contributed by atoms with Crippen molar-refractivity contribution in [1.82, 2.24) is 10.2 Å². The van der Waals surface area contributed by atoms with Crippen LogP contribution >= 0.6 is 0 Å². The van der Waals surface area contributed by atoms with Gasteiger partial charge in [0.2, 0.25) is 11.8 Å². The number of benzene rings is 1. The standard InChI is InChI=1S/C17H22F3N3O2/c1-13(24)22-15-7-4-14(5-8-15)6-9-16(25)21-10-3-11-23(2)12-17(18,19)20/h4-9H,3,10-12H2,1-2H3,(H,21,25)(H,22,24)/b9-6+. The van der Waals surface area contributed by atoms with Crippen LogP contribution in [0, 0.1) is 0 Å². The number of anilines is 1. The Bertz CT molecular complexity index is 598. The van der Waals surface area contributed by atoms with Gasteiger partial charge in [-0.25, -0.2) is 0 Å². The summed E-state index contributed by atoms with van der Waals surface area (Å²) in [5.74, 6) is -0.479. The number of nitrogens with zero attached hydrogens (tertiary/aromatic N) is 1. The van der Waals surface area contributed by atoms with E-state index in [-0.39, 0.29) is 18.4 Å². The number of halogens is 3. The molecule has 0 aliphatic heterocycles. The van der Waals surface area contributed by atoms with Crippen LogP contribution in [0.5, 0.6) is 0 Å². The van der Waals surface area contributed by atoms with Crippen LogP contribution in [0.25, 0.3) is 6.08 Å². The van der Waals surface area contributed by atoms with E-state index in [4.69, 9.17) is 0 Å². The lowest BCUT2D eigenvalue weighted by Gasteiger charge is -2.18. The van der Waals surface area contributed by atoms with Crippen LogP contribution in [0.3, 0.4) is 0 Å². The zero-order chi connectivity index (χ0) is 18.9. The highest BCUT2D eigenvalue weighted by atomic mass is 19.4. The van der Waals surface area contributed by atoms with Crippen molar-refractivity contribution in [2.75, 3.05) is 32.0 Å². The average Bonchev–Trinajstić information content (AvgIpc) is 2.48. The molecule has 0 radical (unpaired) electrons. The van der Waals surface area contributed by atoms with Crippen molar-refractivity contribution >= 4 is 23.6 Å². The molecule has 0 saturated heterocycles. The first-order chi connectivity index (χ1) is 11.7. The first-order valence-corrected chi connectivity index (χ1v) is 7.74. The summed E-state index contributed by atoms with van der Waals surface area (Å²) in [7, 11) is 1.39. The average molecular weight is 357 g/mol. The fourth-order valence-electron chi connectivity index (χ4n) is 2.06. The predicted octanol–water partition coefficient (Wildman–Crippen LogP) is 2.66. The molecule has 1 rings (SSSR count). The maximum atomic E-state index is 12.2. The normalized spacial score (nSPS) is 11.8. The summed E-state index contributed by atoms with van der Waals surface area (Å²) in [6.07, 6.45) is -0.816. The van der Waals surface area contributed by atoms with Gasteiger partial charge in [0.05, 0.1) is 6.54 Å². The Hall–Kier alpha value is -2.35. The Balaban J connectivity index is 2.29. The minimum atomic E-state index is -4.21. The Morgan fingerprint density at radius 1 is 1.20 bits per heavy atom. The summed E-state index contributed by atoms with van der Waals surface area (Å²) in [4.78, 5) is 23.7. The number of amides is 2. The smallest absolute Gasteiger partial charge is 0.353 e. The van der Waals surface area contributed by atoms with E-state index in [1.807, 2.05) is 0 Å². The number of rotatable bonds is 8. The molecule has 0 bridgehead atoms. The predicted molar refractivity (Wildman–Crippen MR) is 91.0 cm³/mol. The number of hydrogen-bond acceptors (Lipinski definition) is 3. The minimum absolute atomic E-state index is 0.163. The highest BCUT2D eigenvalue weighted by Gasteiger charge is 2.28. The second kappa shape index (κ2) is 9.83. The highest BCUT2D eigenvalue weighted by Crippen LogP contribution is 2.15. The van der Waals surface area contributed by atoms with Crippen molar-refractivity contribution in [3.8, 4) is 0 Å². The SMILES string of the molecule is CC(=O)Nc1ccc(/C=C/C(=O)NCCCN(C)CC(F)(F)F)cc1. The van der Waals surface area contributed by atoms with E-state index in [0.717, 1.165) is 5.56 Å². The van der Waals surface area contributed by atoms with Gasteiger partial charge in [0.15, 0.2) is 0 Å². The summed E-state index contributed by atoms with van der Waals surface area (Å²) in [5.41, 5.74) is 1.45. The number of carbonyl (C=O) groups is 2. The molecule has 0 aliphatic rings. The van der Waals surface area contributed by atoms with Crippen molar-refractivity contribution < 1.29 is 22.8 Å². The maximum Gasteiger partial charge on any atom is 0.401 e. The van der Waals surface area contributed by atoms with Crippen molar-refractivity contribution in [2.45, 2.75) is 19.5 Å². The van der Waals surface area contributed by atoms with Crippen molar-refractivity contribution in [2.24, 2.45) is 0 Å². The monoisotopic (exact) mass is 357 g/mol. The lowest BCUT2D eigenvalue weighted by molar-refractivity contribution is -0.143. The summed E-state index contributed by atoms with van der Waals surface area (Å²) in [6, 6.07) is 6.94. The van der Waals surface area contributed by atoms with Gasteiger partial charge in [-0.3, -0.25) is 14.5 Å². The van der Waals surface area contributed by atoms with Crippen molar-refractivity contribution in [1.29, 1.82) is 0 Å². The van der Waals surface area contributed by atoms with Gasteiger partial charge in [-0.15, -0.1) is 0 Å². The molecule has 138 valence electrons. The quantitative estimate of drug-likeness (QED) is 0.555. The first kappa shape index (κ1) is 20.7. The molecule has 25 heavy (non-hydrogen) atoms. The zero-order valence-corrected chi connectivity index (χ0v) is 14.2. The van der Waals surface area contributed by atoms with E-state index in [2.05, 4.69) is 10.6 Å². The van der Waals surface area contributed by atoms with Crippen LogP contribution in [-0.4, -0.2) is 49.6 Å². The van der Waals surface area contributed by atoms with E-state index >= 15 is 0 Å². The molecule has 0 heterocycles. The molecule has 1 aromatic carbocycles. The van der Waals surface area contributed by atoms with Gasteiger partial charge in [-0.05, 0) is 43.8 Å². The number of alkyl halides is 3. The molecule has 0 unspecified atom stereocenters. The largest absolute Gasteiger partial charge is 0.401 e. The van der Waals surface area contributed by atoms with Gasteiger partial charge in [0, 0.05) is 25.2 Å². The van der Waals surface area contributed by atoms with Gasteiger partial charge < -0.3 is 10.6 Å². The van der Waals surface area contributed by atoms with Crippen LogP contribution < -0.4 is 10.6 Å². The Labute approximate surface area is 144 Å². The van der Waals surface area contributed by atoms with Gasteiger partial charge in [-0.2, -0.15) is 13.2 Å². The van der Waals surface area contributed by atoms with E-state index in [9.17, 15) is 22.8 Å². The zero-order valence-electron chi connectivity index (χ0n) is 14.2. The molecule has 2 amide bonds. The molecule has 5 nitrogen and oxygen atoms in total. The number of nitrogens with one attached hydrogen (secondary N) is 2. The number of carbonyl (C=O) groups excluding carboxylic acids is 2. The van der Waals surface area contributed by atoms with Gasteiger partial charge >= 0.3 is 6.18 Å². The van der Waals surface area contributed by atoms with E-state index in [1.165, 1.54) is 24.9 Å². The summed E-state index contributed by atoms with van der Waals surface area (Å²) >= 11 is 0. The first-order valence-electron chi connectivity index (χ1n) is 7.74. The van der Waals surface area contributed by atoms with Gasteiger partial charge in [-0.1, -0.05) is 12.1 Å². The molecule has 0 atom stereocenters. The second-order valence-electron chi connectivity index (χ2n) is 5.63. The summed E-state index contributed by atoms with van der Waals surface area (Å²) in [6.45, 7) is 0.995. The molecular weight excluding hydrogens is 335 g/mol. The van der Waals surface area contributed by atoms with Gasteiger partial charge in [0.25, 0.3) is 0 Å². The van der Waals surface area contributed by atoms with Gasteiger partial charge in [0.1, 0.15) is 0 Å². The maximum absolute atomic E-state index is 12.2. The topological polar surface area (TPSA) is 61.4 Å². The molecule has 0 spiro atoms. The van der Waals surface area contributed by atoms with Crippen LogP contribution in [0.1, 0.15) is 18.9 Å². The van der Waals surface area contributed by atoms with E-state index < -0.39 is 12.7 Å². The molecule has 1 aromatic rings. The van der Waals surface area contributed by atoms with E-state index in [0.29, 0.717) is 18.7 Å². The van der Waals surface area contributed by atoms with Crippen molar-refractivity contribution in [3.05, 3.63) is 35.9 Å². The van der Waals surface area contributed by atoms with Crippen LogP contribution in [0.15, 0.2) is 30.3 Å². The molecule has 0 aromatic heterocycles. The molecule has 0 fully saturated rings. The molecule has 0 aliphatic carbocycles. The van der Waals surface area contributed by atoms with Crippen LogP contribution in [0.4, 0.5) is 18.9 Å². The molecule has 2 N–H and O–H groups in total. The van der Waals surface area contributed by atoms with Crippen molar-refractivity contribution in [3.63, 3.8) is 0 Å². The Morgan fingerprint density at radius 2 is 1.84 bits per heavy atom. The number of hydrogen-bond donors (Lipinski definition) is 2. The highest BCUT2D eigenvalue weighted by molar-refractivity contribution is 5.92. The minimum Gasteiger partial charge on any atom is -0.353 e. The third-order valence-corrected chi connectivity index (χ3v) is 3.12. The fourth-order valence-corrected chi connectivity index (χ4v) is 2.06. The second-order valence-corrected chi connectivity index (χ2v) is 5.63. The molecule has 0 saturated carbocycles. The fraction of sp³-hybridized carbons (Fsp3) is 0.412. The van der Waals surface area contributed by atoms with Crippen LogP contribution in [0.2, 0.25) is 0 Å². The Morgan fingerprint density at radius 3 is 2.40 bits per heavy atom. The summed E-state index contributed by atoms with van der Waals surface area (Å²) in [5, 5.41) is 5.26. The van der Waals surface area contributed by atoms with Crippen LogP contribution in [-0.2, 0) is 9.59 Å². The lowest BCUT2D eigenvalue weighted by Crippen LogP contribution is -2.33. The summed E-state index contributed by atoms with van der Waals surface area (Å²) < 4.78 is 36.5. The molecular formula is C17H22F3N3O2. The third-order valence-electron chi connectivity index (χ3n) is 3.12. The molecule has 8 heteroatoms. The Kier molecular flexibility index (Phi) is 8.13. The van der Waals surface area contributed by atoms with E-state index in [1.54, 1.807) is 30.3 Å². The third kappa shape index (κ3) is 10.2.